The van der Waals surface area contributed by atoms with E-state index in [1.165, 1.54) is 0 Å². The van der Waals surface area contributed by atoms with E-state index in [0.717, 1.165) is 12.3 Å². The van der Waals surface area contributed by atoms with E-state index in [9.17, 15) is 14.7 Å². The Kier molecular flexibility index (Phi) is 5.24. The normalized spacial score (nSPS) is 25.1. The molecule has 3 rings (SSSR count). The zero-order chi connectivity index (χ0) is 18.0. The summed E-state index contributed by atoms with van der Waals surface area (Å²) in [4.78, 5) is 30.3. The van der Waals surface area contributed by atoms with E-state index in [2.05, 4.69) is 9.80 Å². The summed E-state index contributed by atoms with van der Waals surface area (Å²) in [7, 11) is 3.55. The Morgan fingerprint density at radius 2 is 1.80 bits per heavy atom. The molecular formula is C18H25N3O4. The lowest BCUT2D eigenvalue weighted by molar-refractivity contribution is -0.142. The second kappa shape index (κ2) is 7.41. The topological polar surface area (TPSA) is 73.3 Å². The van der Waals surface area contributed by atoms with Gasteiger partial charge in [-0.05, 0) is 31.3 Å². The minimum Gasteiger partial charge on any atom is -0.497 e. The Bertz CT molecular complexity index is 634. The Labute approximate surface area is 147 Å². The van der Waals surface area contributed by atoms with Crippen LogP contribution >= 0.6 is 0 Å². The van der Waals surface area contributed by atoms with Gasteiger partial charge in [0.25, 0.3) is 5.91 Å². The fraction of sp³-hybridized carbons (Fsp3) is 0.556. The minimum atomic E-state index is -0.746. The number of fused-ring (bicyclic) bond motifs is 1. The van der Waals surface area contributed by atoms with Crippen LogP contribution in [0.3, 0.4) is 0 Å². The van der Waals surface area contributed by atoms with E-state index in [-0.39, 0.29) is 17.9 Å². The Morgan fingerprint density at radius 1 is 1.08 bits per heavy atom. The van der Waals surface area contributed by atoms with Crippen molar-refractivity contribution in [1.29, 1.82) is 0 Å². The quantitative estimate of drug-likeness (QED) is 0.857. The molecule has 2 atom stereocenters. The zero-order valence-corrected chi connectivity index (χ0v) is 14.7. The van der Waals surface area contributed by atoms with Crippen molar-refractivity contribution in [3.8, 4) is 5.75 Å². The van der Waals surface area contributed by atoms with Crippen LogP contribution in [-0.4, -0.2) is 91.2 Å². The molecule has 1 aromatic rings. The van der Waals surface area contributed by atoms with Gasteiger partial charge in [-0.2, -0.15) is 0 Å². The van der Waals surface area contributed by atoms with E-state index in [1.807, 2.05) is 11.9 Å². The van der Waals surface area contributed by atoms with Gasteiger partial charge in [0, 0.05) is 50.9 Å². The first-order valence-corrected chi connectivity index (χ1v) is 8.56. The summed E-state index contributed by atoms with van der Waals surface area (Å²) in [5, 5.41) is 9.37. The standard InChI is InChI=1S/C18H25N3O4/c1-19-9-14(18(23)24)10-20-7-8-21(12-15(20)11-19)17(22)13-3-5-16(25-2)6-4-13/h3-6,14-15H,7-12H2,1-2H3,(H,23,24)/t14-,15+/m1/s1. The SMILES string of the molecule is COc1ccc(C(=O)N2CCN3C[C@H](C(=O)O)CN(C)C[C@H]3C2)cc1. The van der Waals surface area contributed by atoms with Crippen LogP contribution in [0.5, 0.6) is 5.75 Å². The summed E-state index contributed by atoms with van der Waals surface area (Å²) in [6, 6.07) is 7.33. The third kappa shape index (κ3) is 3.93. The zero-order valence-electron chi connectivity index (χ0n) is 14.7. The molecule has 136 valence electrons. The molecule has 0 saturated carbocycles. The number of benzene rings is 1. The van der Waals surface area contributed by atoms with E-state index >= 15 is 0 Å². The van der Waals surface area contributed by atoms with Gasteiger partial charge in [0.1, 0.15) is 5.75 Å². The van der Waals surface area contributed by atoms with Gasteiger partial charge in [-0.1, -0.05) is 0 Å². The highest BCUT2D eigenvalue weighted by molar-refractivity contribution is 5.94. The Hall–Kier alpha value is -2.12. The molecule has 0 radical (unpaired) electrons. The number of carboxylic acid groups (broad SMARTS) is 1. The molecule has 0 aliphatic carbocycles. The smallest absolute Gasteiger partial charge is 0.309 e. The highest BCUT2D eigenvalue weighted by Crippen LogP contribution is 2.20. The number of piperazine rings is 1. The van der Waals surface area contributed by atoms with Crippen LogP contribution in [0.4, 0.5) is 0 Å². The van der Waals surface area contributed by atoms with E-state index in [4.69, 9.17) is 4.74 Å². The summed E-state index contributed by atoms with van der Waals surface area (Å²) >= 11 is 0. The largest absolute Gasteiger partial charge is 0.497 e. The van der Waals surface area contributed by atoms with E-state index < -0.39 is 5.97 Å². The van der Waals surface area contributed by atoms with Crippen molar-refractivity contribution in [2.24, 2.45) is 5.92 Å². The molecule has 0 bridgehead atoms. The van der Waals surface area contributed by atoms with Gasteiger partial charge in [0.15, 0.2) is 0 Å². The average molecular weight is 347 g/mol. The number of hydrogen-bond donors (Lipinski definition) is 1. The van der Waals surface area contributed by atoms with Crippen LogP contribution in [0.25, 0.3) is 0 Å². The molecule has 1 amide bonds. The lowest BCUT2D eigenvalue weighted by atomic mass is 10.1. The maximum atomic E-state index is 12.8. The van der Waals surface area contributed by atoms with Gasteiger partial charge < -0.3 is 19.6 Å². The molecule has 0 unspecified atom stereocenters. The number of likely N-dealkylation sites (N-methyl/N-ethyl adjacent to an activating group) is 1. The predicted octanol–water partition coefficient (Wildman–Crippen LogP) is 0.468. The maximum absolute atomic E-state index is 12.8. The van der Waals surface area contributed by atoms with Gasteiger partial charge in [-0.15, -0.1) is 0 Å². The summed E-state index contributed by atoms with van der Waals surface area (Å²) in [6.07, 6.45) is 0. The van der Waals surface area contributed by atoms with Crippen LogP contribution in [-0.2, 0) is 4.79 Å². The molecule has 1 N–H and O–H groups in total. The van der Waals surface area contributed by atoms with Crippen LogP contribution in [0, 0.1) is 5.92 Å². The number of nitrogens with zero attached hydrogens (tertiary/aromatic N) is 3. The van der Waals surface area contributed by atoms with Crippen LogP contribution in [0.2, 0.25) is 0 Å². The summed E-state index contributed by atoms with van der Waals surface area (Å²) < 4.78 is 5.14. The van der Waals surface area contributed by atoms with Crippen molar-refractivity contribution >= 4 is 11.9 Å². The van der Waals surface area contributed by atoms with Crippen molar-refractivity contribution in [1.82, 2.24) is 14.7 Å². The van der Waals surface area contributed by atoms with Crippen molar-refractivity contribution in [3.05, 3.63) is 29.8 Å². The highest BCUT2D eigenvalue weighted by Gasteiger charge is 2.36. The molecule has 25 heavy (non-hydrogen) atoms. The number of carbonyl (C=O) groups is 2. The van der Waals surface area contributed by atoms with Crippen LogP contribution in [0.1, 0.15) is 10.4 Å². The van der Waals surface area contributed by atoms with Crippen LogP contribution < -0.4 is 4.74 Å². The summed E-state index contributed by atoms with van der Waals surface area (Å²) in [6.45, 7) is 3.84. The van der Waals surface area contributed by atoms with E-state index in [0.29, 0.717) is 38.3 Å². The summed E-state index contributed by atoms with van der Waals surface area (Å²) in [5.41, 5.74) is 0.652. The van der Waals surface area contributed by atoms with Gasteiger partial charge in [0.2, 0.25) is 0 Å². The first-order valence-electron chi connectivity index (χ1n) is 8.56. The Balaban J connectivity index is 1.69. The number of carboxylic acids is 1. The van der Waals surface area contributed by atoms with Gasteiger partial charge in [-0.25, -0.2) is 0 Å². The second-order valence-corrected chi connectivity index (χ2v) is 6.88. The first-order chi connectivity index (χ1) is 12.0. The highest BCUT2D eigenvalue weighted by atomic mass is 16.5. The number of ether oxygens (including phenoxy) is 1. The molecule has 2 saturated heterocycles. The number of carbonyl (C=O) groups excluding carboxylic acids is 1. The van der Waals surface area contributed by atoms with Crippen molar-refractivity contribution in [2.75, 3.05) is 53.4 Å². The molecule has 1 aromatic carbocycles. The molecule has 0 spiro atoms. The van der Waals surface area contributed by atoms with Crippen LogP contribution in [0.15, 0.2) is 24.3 Å². The molecule has 2 aliphatic rings. The minimum absolute atomic E-state index is 0.0176. The third-order valence-corrected chi connectivity index (χ3v) is 5.09. The molecule has 7 nitrogen and oxygen atoms in total. The number of aliphatic carboxylic acids is 1. The molecule has 2 fully saturated rings. The molecule has 0 aromatic heterocycles. The lowest BCUT2D eigenvalue weighted by Crippen LogP contribution is -2.57. The summed E-state index contributed by atoms with van der Waals surface area (Å²) in [5.74, 6) is -0.376. The fourth-order valence-corrected chi connectivity index (χ4v) is 3.71. The van der Waals surface area contributed by atoms with E-state index in [1.54, 1.807) is 31.4 Å². The lowest BCUT2D eigenvalue weighted by Gasteiger charge is -2.41. The first kappa shape index (κ1) is 17.7. The number of hydrogen-bond acceptors (Lipinski definition) is 5. The molecule has 2 heterocycles. The average Bonchev–Trinajstić information content (AvgIpc) is 2.78. The molecular weight excluding hydrogens is 322 g/mol. The predicted molar refractivity (Wildman–Crippen MR) is 92.9 cm³/mol. The number of amides is 1. The second-order valence-electron chi connectivity index (χ2n) is 6.88. The number of rotatable bonds is 3. The Morgan fingerprint density at radius 3 is 2.44 bits per heavy atom. The fourth-order valence-electron chi connectivity index (χ4n) is 3.71. The van der Waals surface area contributed by atoms with Gasteiger partial charge in [0.05, 0.1) is 13.0 Å². The third-order valence-electron chi connectivity index (χ3n) is 5.09. The van der Waals surface area contributed by atoms with Gasteiger partial charge in [-0.3, -0.25) is 14.5 Å². The molecule has 2 aliphatic heterocycles. The monoisotopic (exact) mass is 347 g/mol. The van der Waals surface area contributed by atoms with Crippen molar-refractivity contribution < 1.29 is 19.4 Å². The van der Waals surface area contributed by atoms with Crippen molar-refractivity contribution in [2.45, 2.75) is 6.04 Å². The number of methoxy groups -OCH3 is 1. The van der Waals surface area contributed by atoms with Gasteiger partial charge >= 0.3 is 5.97 Å². The van der Waals surface area contributed by atoms with Crippen molar-refractivity contribution in [3.63, 3.8) is 0 Å². The maximum Gasteiger partial charge on any atom is 0.309 e. The molecule has 7 heteroatoms.